The highest BCUT2D eigenvalue weighted by Gasteiger charge is 2.08. The molecule has 0 saturated carbocycles. The molecule has 9 heteroatoms. The zero-order valence-corrected chi connectivity index (χ0v) is 16.4. The van der Waals surface area contributed by atoms with Gasteiger partial charge < -0.3 is 15.4 Å². The van der Waals surface area contributed by atoms with Gasteiger partial charge in [-0.05, 0) is 24.3 Å². The van der Waals surface area contributed by atoms with Gasteiger partial charge in [0.25, 0.3) is 5.91 Å². The highest BCUT2D eigenvalue weighted by molar-refractivity contribution is 7.09. The summed E-state index contributed by atoms with van der Waals surface area (Å²) in [4.78, 5) is 28.9. The number of nitrogens with zero attached hydrogens (tertiary/aromatic N) is 4. The van der Waals surface area contributed by atoms with Gasteiger partial charge >= 0.3 is 0 Å². The number of fused-ring (bicyclic) bond motifs is 1. The molecule has 8 nitrogen and oxygen atoms in total. The summed E-state index contributed by atoms with van der Waals surface area (Å²) in [5.41, 5.74) is 1.10. The number of hydrogen-bond acceptors (Lipinski definition) is 8. The van der Waals surface area contributed by atoms with E-state index in [-0.39, 0.29) is 5.91 Å². The fourth-order valence-electron chi connectivity index (χ4n) is 2.68. The molecule has 1 amide bonds. The topological polar surface area (TPSA) is 102 Å². The summed E-state index contributed by atoms with van der Waals surface area (Å²) in [5.74, 6) is 1.46. The summed E-state index contributed by atoms with van der Waals surface area (Å²) in [6.45, 7) is 0.718. The molecule has 0 aliphatic rings. The summed E-state index contributed by atoms with van der Waals surface area (Å²) in [6, 6.07) is 8.85. The van der Waals surface area contributed by atoms with Crippen molar-refractivity contribution in [1.82, 2.24) is 25.3 Å². The number of hydrogen-bond donors (Lipinski definition) is 2. The van der Waals surface area contributed by atoms with E-state index in [1.54, 1.807) is 42.9 Å². The molecule has 0 spiro atoms. The number of nitrogens with one attached hydrogen (secondary N) is 2. The number of amides is 1. The Balaban J connectivity index is 1.45. The third-order valence-corrected chi connectivity index (χ3v) is 4.92. The molecule has 0 radical (unpaired) electrons. The summed E-state index contributed by atoms with van der Waals surface area (Å²) in [5, 5.41) is 9.66. The number of pyridine rings is 1. The summed E-state index contributed by atoms with van der Waals surface area (Å²) in [7, 11) is 1.56. The molecule has 0 aliphatic heterocycles. The summed E-state index contributed by atoms with van der Waals surface area (Å²) in [6.07, 6.45) is 5.92. The van der Waals surface area contributed by atoms with Crippen molar-refractivity contribution in [3.8, 4) is 11.5 Å². The Hall–Kier alpha value is -3.59. The minimum Gasteiger partial charge on any atom is -0.457 e. The second-order valence-electron chi connectivity index (χ2n) is 6.07. The number of carbonyl (C=O) groups is 1. The highest BCUT2D eigenvalue weighted by Crippen LogP contribution is 2.25. The van der Waals surface area contributed by atoms with E-state index in [0.29, 0.717) is 23.1 Å². The van der Waals surface area contributed by atoms with Crippen LogP contribution >= 0.6 is 11.3 Å². The van der Waals surface area contributed by atoms with Crippen molar-refractivity contribution in [2.24, 2.45) is 0 Å². The predicted octanol–water partition coefficient (Wildman–Crippen LogP) is 3.29. The van der Waals surface area contributed by atoms with Gasteiger partial charge in [0.1, 0.15) is 17.2 Å². The van der Waals surface area contributed by atoms with Gasteiger partial charge in [-0.15, -0.1) is 11.3 Å². The lowest BCUT2D eigenvalue weighted by atomic mass is 10.2. The van der Waals surface area contributed by atoms with Crippen LogP contribution < -0.4 is 15.4 Å². The molecule has 3 heterocycles. The molecule has 146 valence electrons. The van der Waals surface area contributed by atoms with Crippen molar-refractivity contribution >= 4 is 34.1 Å². The van der Waals surface area contributed by atoms with E-state index >= 15 is 0 Å². The Morgan fingerprint density at radius 3 is 2.83 bits per heavy atom. The average Bonchev–Trinajstić information content (AvgIpc) is 3.27. The molecule has 0 atom stereocenters. The van der Waals surface area contributed by atoms with Crippen LogP contribution in [0.5, 0.6) is 11.5 Å². The molecule has 2 N–H and O–H groups in total. The third-order valence-electron chi connectivity index (χ3n) is 4.08. The van der Waals surface area contributed by atoms with Crippen molar-refractivity contribution in [3.63, 3.8) is 0 Å². The molecule has 0 aliphatic carbocycles. The summed E-state index contributed by atoms with van der Waals surface area (Å²) >= 11 is 1.63. The second kappa shape index (κ2) is 8.61. The van der Waals surface area contributed by atoms with Gasteiger partial charge in [0.15, 0.2) is 0 Å². The van der Waals surface area contributed by atoms with Crippen LogP contribution in [0.3, 0.4) is 0 Å². The number of carbonyl (C=O) groups excluding carboxylic acids is 1. The first-order valence-corrected chi connectivity index (χ1v) is 9.84. The molecule has 0 unspecified atom stereocenters. The maximum atomic E-state index is 11.7. The first-order valence-electron chi connectivity index (χ1n) is 8.96. The number of benzene rings is 1. The largest absolute Gasteiger partial charge is 0.457 e. The molecule has 0 saturated heterocycles. The average molecular weight is 406 g/mol. The number of ether oxygens (including phenoxy) is 1. The second-order valence-corrected chi connectivity index (χ2v) is 7.05. The molecular weight excluding hydrogens is 388 g/mol. The maximum absolute atomic E-state index is 11.7. The quantitative estimate of drug-likeness (QED) is 0.485. The van der Waals surface area contributed by atoms with Gasteiger partial charge in [0, 0.05) is 55.4 Å². The molecular formula is C20H18N6O2S. The van der Waals surface area contributed by atoms with Crippen LogP contribution in [0, 0.1) is 0 Å². The van der Waals surface area contributed by atoms with E-state index in [1.807, 2.05) is 23.6 Å². The Morgan fingerprint density at radius 1 is 1.10 bits per heavy atom. The maximum Gasteiger partial charge on any atom is 0.269 e. The normalized spacial score (nSPS) is 10.7. The van der Waals surface area contributed by atoms with E-state index in [1.165, 1.54) is 6.20 Å². The Labute approximate surface area is 171 Å². The van der Waals surface area contributed by atoms with E-state index in [4.69, 9.17) is 4.74 Å². The predicted molar refractivity (Wildman–Crippen MR) is 112 cm³/mol. The minimum absolute atomic E-state index is 0.266. The SMILES string of the molecule is CNC(=O)c1cc(Oc2ccc3nc(NCCc4nccs4)ncc3c2)ccn1. The lowest BCUT2D eigenvalue weighted by Gasteiger charge is -2.09. The fraction of sp³-hybridized carbons (Fsp3) is 0.150. The Kier molecular flexibility index (Phi) is 5.57. The first kappa shape index (κ1) is 18.8. The van der Waals surface area contributed by atoms with Crippen molar-refractivity contribution in [1.29, 1.82) is 0 Å². The molecule has 4 rings (SSSR count). The van der Waals surface area contributed by atoms with Crippen molar-refractivity contribution in [2.45, 2.75) is 6.42 Å². The van der Waals surface area contributed by atoms with Crippen molar-refractivity contribution in [3.05, 3.63) is 65.0 Å². The minimum atomic E-state index is -0.266. The van der Waals surface area contributed by atoms with E-state index in [9.17, 15) is 4.79 Å². The molecule has 0 bridgehead atoms. The number of aromatic nitrogens is 4. The molecule has 3 aromatic heterocycles. The monoisotopic (exact) mass is 406 g/mol. The van der Waals surface area contributed by atoms with E-state index < -0.39 is 0 Å². The zero-order valence-electron chi connectivity index (χ0n) is 15.6. The van der Waals surface area contributed by atoms with Crippen LogP contribution in [0.1, 0.15) is 15.5 Å². The van der Waals surface area contributed by atoms with Crippen LogP contribution in [-0.2, 0) is 6.42 Å². The van der Waals surface area contributed by atoms with Gasteiger partial charge in [-0.2, -0.15) is 0 Å². The molecule has 4 aromatic rings. The standard InChI is InChI=1S/C20H18N6O2S/c1-21-19(27)17-11-15(4-6-22-17)28-14-2-3-16-13(10-14)12-25-20(26-16)24-7-5-18-23-8-9-29-18/h2-4,6,8-12H,5,7H2,1H3,(H,21,27)(H,24,25,26). The number of thiazole rings is 1. The molecule has 29 heavy (non-hydrogen) atoms. The Bertz CT molecular complexity index is 1130. The van der Waals surface area contributed by atoms with Crippen LogP contribution in [0.25, 0.3) is 10.9 Å². The molecule has 0 fully saturated rings. The number of rotatable bonds is 7. The van der Waals surface area contributed by atoms with Gasteiger partial charge in [-0.1, -0.05) is 0 Å². The lowest BCUT2D eigenvalue weighted by molar-refractivity contribution is 0.0958. The van der Waals surface area contributed by atoms with Crippen molar-refractivity contribution < 1.29 is 9.53 Å². The first-order chi connectivity index (χ1) is 14.2. The van der Waals surface area contributed by atoms with Gasteiger partial charge in [-0.25, -0.2) is 15.0 Å². The fourth-order valence-corrected chi connectivity index (χ4v) is 3.30. The zero-order chi connectivity index (χ0) is 20.1. The van der Waals surface area contributed by atoms with E-state index in [2.05, 4.69) is 30.6 Å². The van der Waals surface area contributed by atoms with Crippen LogP contribution in [-0.4, -0.2) is 39.4 Å². The lowest BCUT2D eigenvalue weighted by Crippen LogP contribution is -2.18. The van der Waals surface area contributed by atoms with Crippen LogP contribution in [0.2, 0.25) is 0 Å². The highest BCUT2D eigenvalue weighted by atomic mass is 32.1. The van der Waals surface area contributed by atoms with Gasteiger partial charge in [-0.3, -0.25) is 9.78 Å². The molecule has 1 aromatic carbocycles. The van der Waals surface area contributed by atoms with E-state index in [0.717, 1.165) is 28.9 Å². The van der Waals surface area contributed by atoms with Gasteiger partial charge in [0.05, 0.1) is 10.5 Å². The smallest absolute Gasteiger partial charge is 0.269 e. The summed E-state index contributed by atoms with van der Waals surface area (Å²) < 4.78 is 5.86. The Morgan fingerprint density at radius 2 is 2.00 bits per heavy atom. The van der Waals surface area contributed by atoms with Crippen LogP contribution in [0.15, 0.2) is 54.3 Å². The van der Waals surface area contributed by atoms with Gasteiger partial charge in [0.2, 0.25) is 5.95 Å². The van der Waals surface area contributed by atoms with Crippen molar-refractivity contribution in [2.75, 3.05) is 18.9 Å². The van der Waals surface area contributed by atoms with Crippen LogP contribution in [0.4, 0.5) is 5.95 Å². The third kappa shape index (κ3) is 4.64. The number of anilines is 1.